The van der Waals surface area contributed by atoms with Crippen LogP contribution in [0.1, 0.15) is 25.3 Å². The van der Waals surface area contributed by atoms with Crippen LogP contribution in [0.25, 0.3) is 0 Å². The summed E-state index contributed by atoms with van der Waals surface area (Å²) in [5, 5.41) is 6.29. The van der Waals surface area contributed by atoms with E-state index in [1.54, 1.807) is 0 Å². The van der Waals surface area contributed by atoms with E-state index in [0.29, 0.717) is 12.6 Å². The molecule has 1 aromatic rings. The molecule has 4 nitrogen and oxygen atoms in total. The lowest BCUT2D eigenvalue weighted by Gasteiger charge is -2.31. The summed E-state index contributed by atoms with van der Waals surface area (Å²) >= 11 is 0. The molecule has 2 rings (SSSR count). The molecule has 118 valence electrons. The Morgan fingerprint density at radius 2 is 2.24 bits per heavy atom. The summed E-state index contributed by atoms with van der Waals surface area (Å²) in [5.41, 5.74) is 2.15. The zero-order valence-electron chi connectivity index (χ0n) is 12.9. The lowest BCUT2D eigenvalue weighted by Crippen LogP contribution is -2.46. The van der Waals surface area contributed by atoms with Crippen molar-refractivity contribution in [2.45, 2.75) is 32.2 Å². The van der Waals surface area contributed by atoms with Gasteiger partial charge in [0.1, 0.15) is 0 Å². The number of benzene rings is 1. The van der Waals surface area contributed by atoms with Crippen molar-refractivity contribution in [3.8, 4) is 0 Å². The molecular weight excluding hydrogens is 286 g/mol. The molecule has 1 aliphatic rings. The molecule has 5 heteroatoms. The molecule has 1 saturated heterocycles. The van der Waals surface area contributed by atoms with Crippen LogP contribution in [0.5, 0.6) is 0 Å². The number of piperidine rings is 1. The van der Waals surface area contributed by atoms with Crippen molar-refractivity contribution in [3.05, 3.63) is 29.8 Å². The van der Waals surface area contributed by atoms with E-state index in [1.165, 1.54) is 12.0 Å². The molecule has 1 fully saturated rings. The zero-order valence-corrected chi connectivity index (χ0v) is 13.7. The fourth-order valence-electron chi connectivity index (χ4n) is 2.71. The van der Waals surface area contributed by atoms with Gasteiger partial charge in [-0.05, 0) is 50.6 Å². The van der Waals surface area contributed by atoms with E-state index in [0.717, 1.165) is 31.6 Å². The molecular formula is C16H26ClN3O. The SMILES string of the molecule is CCc1cccc(NC(=O)CN2CCCC(NC)C2)c1.Cl. The van der Waals surface area contributed by atoms with Crippen LogP contribution >= 0.6 is 12.4 Å². The number of anilines is 1. The molecule has 1 unspecified atom stereocenters. The number of nitrogens with one attached hydrogen (secondary N) is 2. The van der Waals surface area contributed by atoms with Crippen molar-refractivity contribution in [1.82, 2.24) is 10.2 Å². The van der Waals surface area contributed by atoms with Crippen LogP contribution < -0.4 is 10.6 Å². The minimum absolute atomic E-state index is 0. The van der Waals surface area contributed by atoms with E-state index in [9.17, 15) is 4.79 Å². The highest BCUT2D eigenvalue weighted by Crippen LogP contribution is 2.12. The lowest BCUT2D eigenvalue weighted by atomic mass is 10.1. The third-order valence-electron chi connectivity index (χ3n) is 3.90. The van der Waals surface area contributed by atoms with E-state index in [-0.39, 0.29) is 18.3 Å². The van der Waals surface area contributed by atoms with Gasteiger partial charge in [0.25, 0.3) is 0 Å². The maximum atomic E-state index is 12.1. The quantitative estimate of drug-likeness (QED) is 0.877. The predicted molar refractivity (Wildman–Crippen MR) is 90.2 cm³/mol. The molecule has 2 N–H and O–H groups in total. The number of likely N-dealkylation sites (N-methyl/N-ethyl adjacent to an activating group) is 1. The zero-order chi connectivity index (χ0) is 14.4. The third-order valence-corrected chi connectivity index (χ3v) is 3.90. The van der Waals surface area contributed by atoms with Crippen LogP contribution in [0, 0.1) is 0 Å². The standard InChI is InChI=1S/C16H25N3O.ClH/c1-3-13-6-4-7-14(10-13)18-16(20)12-19-9-5-8-15(11-19)17-2;/h4,6-7,10,15,17H,3,5,8-9,11-12H2,1-2H3,(H,18,20);1H. The highest BCUT2D eigenvalue weighted by atomic mass is 35.5. The molecule has 0 bridgehead atoms. The average molecular weight is 312 g/mol. The highest BCUT2D eigenvalue weighted by Gasteiger charge is 2.20. The van der Waals surface area contributed by atoms with Gasteiger partial charge < -0.3 is 10.6 Å². The second kappa shape index (κ2) is 9.03. The number of amides is 1. The van der Waals surface area contributed by atoms with Crippen molar-refractivity contribution in [3.63, 3.8) is 0 Å². The van der Waals surface area contributed by atoms with Gasteiger partial charge in [-0.15, -0.1) is 12.4 Å². The smallest absolute Gasteiger partial charge is 0.238 e. The average Bonchev–Trinajstić information content (AvgIpc) is 2.47. The summed E-state index contributed by atoms with van der Waals surface area (Å²) in [6, 6.07) is 8.58. The molecule has 0 radical (unpaired) electrons. The minimum atomic E-state index is 0. The first-order chi connectivity index (χ1) is 9.71. The van der Waals surface area contributed by atoms with Crippen LogP contribution in [0.3, 0.4) is 0 Å². The Morgan fingerprint density at radius 1 is 1.43 bits per heavy atom. The molecule has 1 amide bonds. The Kier molecular flexibility index (Phi) is 7.72. The summed E-state index contributed by atoms with van der Waals surface area (Å²) < 4.78 is 0. The number of hydrogen-bond donors (Lipinski definition) is 2. The molecule has 1 atom stereocenters. The van der Waals surface area contributed by atoms with E-state index < -0.39 is 0 Å². The van der Waals surface area contributed by atoms with Crippen molar-refractivity contribution in [1.29, 1.82) is 0 Å². The van der Waals surface area contributed by atoms with E-state index in [1.807, 2.05) is 25.2 Å². The maximum Gasteiger partial charge on any atom is 0.238 e. The third kappa shape index (κ3) is 5.65. The van der Waals surface area contributed by atoms with Crippen LogP contribution in [-0.2, 0) is 11.2 Å². The van der Waals surface area contributed by atoms with Crippen LogP contribution in [-0.4, -0.2) is 43.5 Å². The van der Waals surface area contributed by atoms with E-state index >= 15 is 0 Å². The van der Waals surface area contributed by atoms with Gasteiger partial charge in [-0.3, -0.25) is 9.69 Å². The van der Waals surface area contributed by atoms with Gasteiger partial charge in [0.2, 0.25) is 5.91 Å². The molecule has 1 aliphatic heterocycles. The van der Waals surface area contributed by atoms with Crippen molar-refractivity contribution in [2.24, 2.45) is 0 Å². The summed E-state index contributed by atoms with van der Waals surface area (Å²) in [4.78, 5) is 14.3. The van der Waals surface area contributed by atoms with Crippen molar-refractivity contribution >= 4 is 24.0 Å². The number of carbonyl (C=O) groups excluding carboxylic acids is 1. The molecule has 0 spiro atoms. The Hall–Kier alpha value is -1.10. The number of nitrogens with zero attached hydrogens (tertiary/aromatic N) is 1. The molecule has 1 heterocycles. The van der Waals surface area contributed by atoms with Gasteiger partial charge in [0, 0.05) is 18.3 Å². The molecule has 1 aromatic carbocycles. The Morgan fingerprint density at radius 3 is 2.95 bits per heavy atom. The Labute approximate surface area is 133 Å². The number of rotatable bonds is 5. The van der Waals surface area contributed by atoms with Crippen molar-refractivity contribution < 1.29 is 4.79 Å². The fraction of sp³-hybridized carbons (Fsp3) is 0.562. The van der Waals surface area contributed by atoms with Crippen molar-refractivity contribution in [2.75, 3.05) is 32.0 Å². The number of halogens is 1. The summed E-state index contributed by atoms with van der Waals surface area (Å²) in [6.45, 7) is 4.57. The monoisotopic (exact) mass is 311 g/mol. The summed E-state index contributed by atoms with van der Waals surface area (Å²) in [5.74, 6) is 0.0787. The summed E-state index contributed by atoms with van der Waals surface area (Å²) in [6.07, 6.45) is 3.34. The number of carbonyl (C=O) groups is 1. The van der Waals surface area contributed by atoms with Crippen LogP contribution in [0.15, 0.2) is 24.3 Å². The minimum Gasteiger partial charge on any atom is -0.325 e. The first-order valence-corrected chi connectivity index (χ1v) is 7.49. The predicted octanol–water partition coefficient (Wildman–Crippen LogP) is 2.29. The Balaban J connectivity index is 0.00000220. The normalized spacial score (nSPS) is 18.9. The van der Waals surface area contributed by atoms with Gasteiger partial charge >= 0.3 is 0 Å². The second-order valence-corrected chi connectivity index (χ2v) is 5.47. The molecule has 0 aliphatic carbocycles. The van der Waals surface area contributed by atoms with Crippen LogP contribution in [0.2, 0.25) is 0 Å². The van der Waals surface area contributed by atoms with Gasteiger partial charge in [0.15, 0.2) is 0 Å². The van der Waals surface area contributed by atoms with E-state index in [2.05, 4.69) is 28.5 Å². The number of aryl methyl sites for hydroxylation is 1. The highest BCUT2D eigenvalue weighted by molar-refractivity contribution is 5.92. The maximum absolute atomic E-state index is 12.1. The first-order valence-electron chi connectivity index (χ1n) is 7.49. The topological polar surface area (TPSA) is 44.4 Å². The number of likely N-dealkylation sites (tertiary alicyclic amines) is 1. The first kappa shape index (κ1) is 18.0. The van der Waals surface area contributed by atoms with Gasteiger partial charge in [-0.25, -0.2) is 0 Å². The van der Waals surface area contributed by atoms with E-state index in [4.69, 9.17) is 0 Å². The van der Waals surface area contributed by atoms with Gasteiger partial charge in [-0.1, -0.05) is 19.1 Å². The largest absolute Gasteiger partial charge is 0.325 e. The van der Waals surface area contributed by atoms with Gasteiger partial charge in [0.05, 0.1) is 6.54 Å². The second-order valence-electron chi connectivity index (χ2n) is 5.47. The van der Waals surface area contributed by atoms with Crippen LogP contribution in [0.4, 0.5) is 5.69 Å². The molecule has 21 heavy (non-hydrogen) atoms. The molecule has 0 saturated carbocycles. The van der Waals surface area contributed by atoms with Gasteiger partial charge in [-0.2, -0.15) is 0 Å². The lowest BCUT2D eigenvalue weighted by molar-refractivity contribution is -0.117. The summed E-state index contributed by atoms with van der Waals surface area (Å²) in [7, 11) is 1.99. The Bertz CT molecular complexity index is 453. The number of hydrogen-bond acceptors (Lipinski definition) is 3. The molecule has 0 aromatic heterocycles. The fourth-order valence-corrected chi connectivity index (χ4v) is 2.71.